The van der Waals surface area contributed by atoms with E-state index in [1.54, 1.807) is 0 Å². The van der Waals surface area contributed by atoms with Crippen molar-refractivity contribution in [2.24, 2.45) is 18.0 Å². The zero-order valence-electron chi connectivity index (χ0n) is 16.9. The lowest BCUT2D eigenvalue weighted by atomic mass is 9.74. The first-order valence-corrected chi connectivity index (χ1v) is 9.61. The zero-order valence-corrected chi connectivity index (χ0v) is 16.9. The minimum atomic E-state index is -0.468. The third-order valence-corrected chi connectivity index (χ3v) is 5.62. The van der Waals surface area contributed by atoms with Crippen LogP contribution in [0.5, 0.6) is 0 Å². The fourth-order valence-electron chi connectivity index (χ4n) is 4.34. The average molecular weight is 375 g/mol. The van der Waals surface area contributed by atoms with Gasteiger partial charge in [-0.3, -0.25) is 9.48 Å². The van der Waals surface area contributed by atoms with Crippen LogP contribution in [0.1, 0.15) is 49.4 Å². The van der Waals surface area contributed by atoms with Crippen molar-refractivity contribution in [3.05, 3.63) is 59.3 Å². The lowest BCUT2D eigenvalue weighted by Crippen LogP contribution is -2.33. The van der Waals surface area contributed by atoms with Crippen LogP contribution in [0.3, 0.4) is 0 Å². The van der Waals surface area contributed by atoms with Crippen LogP contribution < -0.4 is 0 Å². The van der Waals surface area contributed by atoms with Crippen molar-refractivity contribution in [3.8, 4) is 0 Å². The van der Waals surface area contributed by atoms with Gasteiger partial charge in [-0.15, -0.1) is 0 Å². The van der Waals surface area contributed by atoms with E-state index in [9.17, 15) is 4.79 Å². The maximum atomic E-state index is 12.9. The number of fused-ring (bicyclic) bond motifs is 2. The Hall–Kier alpha value is -2.95. The molecule has 0 N–H and O–H groups in total. The molecule has 1 aromatic heterocycles. The van der Waals surface area contributed by atoms with E-state index in [1.165, 1.54) is 7.11 Å². The van der Waals surface area contributed by atoms with E-state index in [1.807, 2.05) is 30.8 Å². The van der Waals surface area contributed by atoms with Gasteiger partial charge in [0.15, 0.2) is 5.82 Å². The molecule has 1 aliphatic heterocycles. The van der Waals surface area contributed by atoms with Gasteiger partial charge in [0.05, 0.1) is 12.8 Å². The van der Waals surface area contributed by atoms with Crippen molar-refractivity contribution in [1.29, 1.82) is 0 Å². The molecule has 1 aliphatic rings. The summed E-state index contributed by atoms with van der Waals surface area (Å²) in [4.78, 5) is 17.6. The highest BCUT2D eigenvalue weighted by Gasteiger charge is 2.42. The van der Waals surface area contributed by atoms with Crippen molar-refractivity contribution < 1.29 is 9.53 Å². The Morgan fingerprint density at radius 3 is 2.57 bits per heavy atom. The molecular formula is C23H25N3O2. The number of hydrogen-bond acceptors (Lipinski definition) is 4. The fourth-order valence-corrected chi connectivity index (χ4v) is 4.34. The number of rotatable bonds is 3. The topological polar surface area (TPSA) is 56.5 Å². The molecule has 0 saturated carbocycles. The second-order valence-electron chi connectivity index (χ2n) is 7.70. The van der Waals surface area contributed by atoms with Crippen molar-refractivity contribution in [3.63, 3.8) is 0 Å². The zero-order chi connectivity index (χ0) is 20.0. The monoisotopic (exact) mass is 375 g/mol. The quantitative estimate of drug-likeness (QED) is 0.622. The summed E-state index contributed by atoms with van der Waals surface area (Å²) in [6.07, 6.45) is 0. The van der Waals surface area contributed by atoms with Gasteiger partial charge in [0.25, 0.3) is 0 Å². The summed E-state index contributed by atoms with van der Waals surface area (Å²) < 4.78 is 7.03. The van der Waals surface area contributed by atoms with Crippen LogP contribution in [-0.4, -0.2) is 28.6 Å². The molecule has 2 heterocycles. The molecule has 2 unspecified atom stereocenters. The maximum Gasteiger partial charge on any atom is 0.315 e. The van der Waals surface area contributed by atoms with Crippen molar-refractivity contribution in [1.82, 2.24) is 9.78 Å². The Morgan fingerprint density at radius 2 is 1.86 bits per heavy atom. The number of aromatic nitrogens is 2. The Bertz CT molecular complexity index is 1090. The highest BCUT2D eigenvalue weighted by molar-refractivity contribution is 6.05. The Kier molecular flexibility index (Phi) is 4.53. The molecule has 4 rings (SSSR count). The molecule has 3 aromatic rings. The number of esters is 1. The van der Waals surface area contributed by atoms with Crippen LogP contribution in [0, 0.1) is 5.92 Å². The lowest BCUT2D eigenvalue weighted by Gasteiger charge is -2.31. The number of benzene rings is 2. The molecule has 0 amide bonds. The van der Waals surface area contributed by atoms with Gasteiger partial charge in [-0.2, -0.15) is 5.10 Å². The van der Waals surface area contributed by atoms with Crippen molar-refractivity contribution in [2.45, 2.75) is 32.6 Å². The van der Waals surface area contributed by atoms with Crippen LogP contribution in [0.2, 0.25) is 0 Å². The largest absolute Gasteiger partial charge is 0.468 e. The van der Waals surface area contributed by atoms with Crippen molar-refractivity contribution in [2.75, 3.05) is 7.11 Å². The van der Waals surface area contributed by atoms with E-state index in [0.29, 0.717) is 0 Å². The Balaban J connectivity index is 2.07. The summed E-state index contributed by atoms with van der Waals surface area (Å²) in [6.45, 7) is 6.16. The molecule has 5 nitrogen and oxygen atoms in total. The number of methoxy groups -OCH3 is 1. The van der Waals surface area contributed by atoms with Gasteiger partial charge < -0.3 is 4.74 Å². The van der Waals surface area contributed by atoms with Crippen LogP contribution >= 0.6 is 0 Å². The molecule has 2 atom stereocenters. The lowest BCUT2D eigenvalue weighted by molar-refractivity contribution is -0.143. The molecule has 2 aromatic carbocycles. The number of aliphatic imine (C=N–C) groups is 1. The predicted octanol–water partition coefficient (Wildman–Crippen LogP) is 4.72. The van der Waals surface area contributed by atoms with Gasteiger partial charge in [0.2, 0.25) is 0 Å². The first-order valence-electron chi connectivity index (χ1n) is 9.61. The number of ether oxygens (including phenoxy) is 1. The van der Waals surface area contributed by atoms with Gasteiger partial charge in [-0.1, -0.05) is 56.3 Å². The molecule has 0 aliphatic carbocycles. The second-order valence-corrected chi connectivity index (χ2v) is 7.70. The van der Waals surface area contributed by atoms with Gasteiger partial charge in [-0.25, -0.2) is 4.99 Å². The standard InChI is InChI=1S/C23H25N3O2/c1-13(2)21-20-19(17-12-8-10-15-9-6-7-11-16(15)17)18(23(27)28-5)14(3)24-22(20)26(4)25-21/h6-13,18-19H,1-5H3. The SMILES string of the molecule is COC(=O)C1C(C)=Nc2c(c(C(C)C)nn2C)C1c1cccc2ccccc12. The summed E-state index contributed by atoms with van der Waals surface area (Å²) in [5.41, 5.74) is 3.89. The van der Waals surface area contributed by atoms with Gasteiger partial charge >= 0.3 is 5.97 Å². The summed E-state index contributed by atoms with van der Waals surface area (Å²) >= 11 is 0. The molecule has 0 saturated heterocycles. The minimum Gasteiger partial charge on any atom is -0.468 e. The van der Waals surface area contributed by atoms with E-state index >= 15 is 0 Å². The molecule has 144 valence electrons. The number of carbonyl (C=O) groups is 1. The third-order valence-electron chi connectivity index (χ3n) is 5.62. The average Bonchev–Trinajstić information content (AvgIpc) is 3.02. The summed E-state index contributed by atoms with van der Waals surface area (Å²) in [5.74, 6) is 0.143. The summed E-state index contributed by atoms with van der Waals surface area (Å²) in [5, 5.41) is 7.05. The number of carbonyl (C=O) groups excluding carboxylic acids is 1. The number of nitrogens with zero attached hydrogens (tertiary/aromatic N) is 3. The van der Waals surface area contributed by atoms with E-state index < -0.39 is 5.92 Å². The van der Waals surface area contributed by atoms with Crippen LogP contribution in [0.4, 0.5) is 5.82 Å². The van der Waals surface area contributed by atoms with Crippen LogP contribution in [0.25, 0.3) is 10.8 Å². The third kappa shape index (κ3) is 2.73. The van der Waals surface area contributed by atoms with Gasteiger partial charge in [0.1, 0.15) is 5.92 Å². The first-order chi connectivity index (χ1) is 13.4. The van der Waals surface area contributed by atoms with Crippen LogP contribution in [0.15, 0.2) is 47.5 Å². The van der Waals surface area contributed by atoms with E-state index in [2.05, 4.69) is 44.2 Å². The highest BCUT2D eigenvalue weighted by atomic mass is 16.5. The molecule has 5 heteroatoms. The number of aryl methyl sites for hydroxylation is 1. The smallest absolute Gasteiger partial charge is 0.315 e. The fraction of sp³-hybridized carbons (Fsp3) is 0.348. The Morgan fingerprint density at radius 1 is 1.14 bits per heavy atom. The van der Waals surface area contributed by atoms with E-state index in [-0.39, 0.29) is 17.8 Å². The molecule has 0 fully saturated rings. The molecule has 0 spiro atoms. The summed E-state index contributed by atoms with van der Waals surface area (Å²) in [7, 11) is 3.36. The first kappa shape index (κ1) is 18.4. The highest BCUT2D eigenvalue weighted by Crippen LogP contribution is 2.47. The van der Waals surface area contributed by atoms with E-state index in [4.69, 9.17) is 14.8 Å². The van der Waals surface area contributed by atoms with Gasteiger partial charge in [0, 0.05) is 24.2 Å². The summed E-state index contributed by atoms with van der Waals surface area (Å²) in [6, 6.07) is 14.6. The number of hydrogen-bond donors (Lipinski definition) is 0. The minimum absolute atomic E-state index is 0.183. The van der Waals surface area contributed by atoms with E-state index in [0.717, 1.165) is 39.1 Å². The van der Waals surface area contributed by atoms with Gasteiger partial charge in [-0.05, 0) is 29.2 Å². The molecule has 0 radical (unpaired) electrons. The normalized spacial score (nSPS) is 18.9. The predicted molar refractivity (Wildman–Crippen MR) is 111 cm³/mol. The molecule has 0 bridgehead atoms. The van der Waals surface area contributed by atoms with Crippen LogP contribution in [-0.2, 0) is 16.6 Å². The molecule has 28 heavy (non-hydrogen) atoms. The van der Waals surface area contributed by atoms with Crippen molar-refractivity contribution >= 4 is 28.3 Å². The maximum absolute atomic E-state index is 12.9. The Labute approximate surface area is 165 Å². The molecular weight excluding hydrogens is 350 g/mol. The second kappa shape index (κ2) is 6.89.